The van der Waals surface area contributed by atoms with Crippen molar-refractivity contribution in [1.29, 1.82) is 0 Å². The summed E-state index contributed by atoms with van der Waals surface area (Å²) in [6.07, 6.45) is 3.17. The highest BCUT2D eigenvalue weighted by atomic mass is 16.6. The first-order valence-electron chi connectivity index (χ1n) is 6.57. The molecule has 2 bridgehead atoms. The fourth-order valence-corrected chi connectivity index (χ4v) is 3.09. The summed E-state index contributed by atoms with van der Waals surface area (Å²) in [5.74, 6) is 1.15. The number of amides is 1. The van der Waals surface area contributed by atoms with E-state index in [9.17, 15) is 4.79 Å². The van der Waals surface area contributed by atoms with Gasteiger partial charge in [0.1, 0.15) is 5.60 Å². The van der Waals surface area contributed by atoms with Crippen LogP contribution in [0.25, 0.3) is 0 Å². The van der Waals surface area contributed by atoms with Gasteiger partial charge in [0.05, 0.1) is 0 Å². The third kappa shape index (κ3) is 3.35. The topological polar surface area (TPSA) is 55.6 Å². The number of rotatable bonds is 0. The van der Waals surface area contributed by atoms with Gasteiger partial charge in [0, 0.05) is 19.1 Å². The van der Waals surface area contributed by atoms with Gasteiger partial charge >= 0.3 is 6.09 Å². The molecule has 2 fully saturated rings. The van der Waals surface area contributed by atoms with Gasteiger partial charge in [0.15, 0.2) is 0 Å². The van der Waals surface area contributed by atoms with Gasteiger partial charge in [0.2, 0.25) is 0 Å². The standard InChI is InChI=1S/C13H24N2O2/c1-13(2,3)17-12(16)15-7-9-4-10(8-15)6-11(14)5-9/h9-11H,4-8,14H2,1-3H3. The van der Waals surface area contributed by atoms with Gasteiger partial charge in [-0.25, -0.2) is 4.79 Å². The van der Waals surface area contributed by atoms with Crippen LogP contribution in [0.5, 0.6) is 0 Å². The van der Waals surface area contributed by atoms with Gasteiger partial charge in [-0.05, 0) is 51.9 Å². The second-order valence-electron chi connectivity index (χ2n) is 6.58. The zero-order valence-electron chi connectivity index (χ0n) is 11.1. The Labute approximate surface area is 103 Å². The number of nitrogens with two attached hydrogens (primary N) is 1. The van der Waals surface area contributed by atoms with Crippen LogP contribution < -0.4 is 5.73 Å². The summed E-state index contributed by atoms with van der Waals surface area (Å²) in [5, 5.41) is 0. The molecular formula is C13H24N2O2. The summed E-state index contributed by atoms with van der Waals surface area (Å²) in [7, 11) is 0. The first-order valence-corrected chi connectivity index (χ1v) is 6.57. The van der Waals surface area contributed by atoms with Crippen molar-refractivity contribution in [2.75, 3.05) is 13.1 Å². The molecule has 2 atom stereocenters. The molecule has 1 saturated heterocycles. The van der Waals surface area contributed by atoms with Crippen molar-refractivity contribution in [2.45, 2.75) is 51.7 Å². The van der Waals surface area contributed by atoms with Crippen molar-refractivity contribution in [1.82, 2.24) is 4.90 Å². The minimum absolute atomic E-state index is 0.164. The summed E-state index contributed by atoms with van der Waals surface area (Å²) in [6.45, 7) is 7.36. The van der Waals surface area contributed by atoms with Crippen molar-refractivity contribution in [3.63, 3.8) is 0 Å². The lowest BCUT2D eigenvalue weighted by molar-refractivity contribution is 0.00165. The smallest absolute Gasteiger partial charge is 0.410 e. The van der Waals surface area contributed by atoms with Crippen LogP contribution in [0.15, 0.2) is 0 Å². The zero-order valence-corrected chi connectivity index (χ0v) is 11.1. The van der Waals surface area contributed by atoms with E-state index >= 15 is 0 Å². The summed E-state index contributed by atoms with van der Waals surface area (Å²) in [5.41, 5.74) is 5.61. The van der Waals surface area contributed by atoms with E-state index in [0.29, 0.717) is 17.9 Å². The molecule has 1 saturated carbocycles. The molecule has 2 aliphatic rings. The molecular weight excluding hydrogens is 216 g/mol. The first kappa shape index (κ1) is 12.7. The molecule has 2 rings (SSSR count). The lowest BCUT2D eigenvalue weighted by atomic mass is 9.76. The highest BCUT2D eigenvalue weighted by Gasteiger charge is 2.36. The quantitative estimate of drug-likeness (QED) is 0.704. The molecule has 4 nitrogen and oxygen atoms in total. The molecule has 4 heteroatoms. The zero-order chi connectivity index (χ0) is 12.6. The van der Waals surface area contributed by atoms with Crippen molar-refractivity contribution in [2.24, 2.45) is 17.6 Å². The van der Waals surface area contributed by atoms with Gasteiger partial charge in [-0.3, -0.25) is 0 Å². The number of hydrogen-bond acceptors (Lipinski definition) is 3. The molecule has 98 valence electrons. The van der Waals surface area contributed by atoms with Gasteiger partial charge in [-0.1, -0.05) is 0 Å². The molecule has 2 N–H and O–H groups in total. The Morgan fingerprint density at radius 1 is 1.18 bits per heavy atom. The molecule has 1 aliphatic carbocycles. The summed E-state index contributed by atoms with van der Waals surface area (Å²) < 4.78 is 5.43. The minimum Gasteiger partial charge on any atom is -0.444 e. The monoisotopic (exact) mass is 240 g/mol. The molecule has 0 aromatic carbocycles. The Balaban J connectivity index is 1.94. The number of carbonyl (C=O) groups excluding carboxylic acids is 1. The predicted octanol–water partition coefficient (Wildman–Crippen LogP) is 1.98. The SMILES string of the molecule is CC(C)(C)OC(=O)N1CC2CC(N)CC(C2)C1. The molecule has 0 spiro atoms. The highest BCUT2D eigenvalue weighted by Crippen LogP contribution is 2.34. The maximum absolute atomic E-state index is 12.0. The number of likely N-dealkylation sites (tertiary alicyclic amines) is 1. The average molecular weight is 240 g/mol. The molecule has 2 unspecified atom stereocenters. The maximum Gasteiger partial charge on any atom is 0.410 e. The number of fused-ring (bicyclic) bond motifs is 2. The van der Waals surface area contributed by atoms with E-state index < -0.39 is 5.60 Å². The molecule has 0 radical (unpaired) electrons. The van der Waals surface area contributed by atoms with E-state index in [1.165, 1.54) is 6.42 Å². The molecule has 0 aromatic rings. The van der Waals surface area contributed by atoms with Crippen LogP contribution >= 0.6 is 0 Å². The highest BCUT2D eigenvalue weighted by molar-refractivity contribution is 5.68. The molecule has 17 heavy (non-hydrogen) atoms. The third-order valence-electron chi connectivity index (χ3n) is 3.55. The van der Waals surface area contributed by atoms with Crippen molar-refractivity contribution < 1.29 is 9.53 Å². The Morgan fingerprint density at radius 3 is 2.18 bits per heavy atom. The van der Waals surface area contributed by atoms with E-state index in [0.717, 1.165) is 25.9 Å². The first-order chi connectivity index (χ1) is 7.83. The summed E-state index contributed by atoms with van der Waals surface area (Å²) in [4.78, 5) is 13.9. The van der Waals surface area contributed by atoms with Gasteiger partial charge in [-0.2, -0.15) is 0 Å². The Morgan fingerprint density at radius 2 is 1.71 bits per heavy atom. The van der Waals surface area contributed by atoms with E-state index in [1.807, 2.05) is 25.7 Å². The Kier molecular flexibility index (Phi) is 3.34. The Bertz CT molecular complexity index is 280. The van der Waals surface area contributed by atoms with E-state index in [2.05, 4.69) is 0 Å². The number of piperidine rings is 1. The molecule has 1 amide bonds. The maximum atomic E-state index is 12.0. The number of hydrogen-bond donors (Lipinski definition) is 1. The average Bonchev–Trinajstić information content (AvgIpc) is 2.12. The van der Waals surface area contributed by atoms with E-state index in [4.69, 9.17) is 10.5 Å². The van der Waals surface area contributed by atoms with Crippen LogP contribution in [0.1, 0.15) is 40.0 Å². The minimum atomic E-state index is -0.403. The number of carbonyl (C=O) groups is 1. The van der Waals surface area contributed by atoms with E-state index in [1.54, 1.807) is 0 Å². The van der Waals surface area contributed by atoms with Crippen LogP contribution in [0.4, 0.5) is 4.79 Å². The predicted molar refractivity (Wildman–Crippen MR) is 66.6 cm³/mol. The van der Waals surface area contributed by atoms with E-state index in [-0.39, 0.29) is 6.09 Å². The van der Waals surface area contributed by atoms with Crippen LogP contribution in [-0.4, -0.2) is 35.7 Å². The molecule has 0 aromatic heterocycles. The van der Waals surface area contributed by atoms with Crippen LogP contribution in [-0.2, 0) is 4.74 Å². The third-order valence-corrected chi connectivity index (χ3v) is 3.55. The van der Waals surface area contributed by atoms with Gasteiger partial charge in [-0.15, -0.1) is 0 Å². The van der Waals surface area contributed by atoms with Crippen LogP contribution in [0, 0.1) is 11.8 Å². The van der Waals surface area contributed by atoms with Crippen molar-refractivity contribution >= 4 is 6.09 Å². The lowest BCUT2D eigenvalue weighted by Gasteiger charge is -2.43. The fourth-order valence-electron chi connectivity index (χ4n) is 3.09. The lowest BCUT2D eigenvalue weighted by Crippen LogP contribution is -2.50. The van der Waals surface area contributed by atoms with Crippen molar-refractivity contribution in [3.8, 4) is 0 Å². The summed E-state index contributed by atoms with van der Waals surface area (Å²) >= 11 is 0. The van der Waals surface area contributed by atoms with Crippen LogP contribution in [0.2, 0.25) is 0 Å². The molecule has 1 heterocycles. The number of ether oxygens (including phenoxy) is 1. The Hall–Kier alpha value is -0.770. The second-order valence-corrected chi connectivity index (χ2v) is 6.58. The fraction of sp³-hybridized carbons (Fsp3) is 0.923. The van der Waals surface area contributed by atoms with Crippen LogP contribution in [0.3, 0.4) is 0 Å². The molecule has 1 aliphatic heterocycles. The normalized spacial score (nSPS) is 33.4. The largest absolute Gasteiger partial charge is 0.444 e. The second kappa shape index (κ2) is 4.48. The van der Waals surface area contributed by atoms with Crippen molar-refractivity contribution in [3.05, 3.63) is 0 Å². The summed E-state index contributed by atoms with van der Waals surface area (Å²) in [6, 6.07) is 0.333. The number of nitrogens with zero attached hydrogens (tertiary/aromatic N) is 1. The van der Waals surface area contributed by atoms with Gasteiger partial charge in [0.25, 0.3) is 0 Å². The van der Waals surface area contributed by atoms with Gasteiger partial charge < -0.3 is 15.4 Å².